The lowest BCUT2D eigenvalue weighted by molar-refractivity contribution is 0.0383. The number of fused-ring (bicyclic) bond motifs is 1. The van der Waals surface area contributed by atoms with Crippen LogP contribution < -0.4 is 5.32 Å². The molecule has 1 aliphatic rings. The summed E-state index contributed by atoms with van der Waals surface area (Å²) in [5.74, 6) is -2.89. The number of amides is 1. The second-order valence-electron chi connectivity index (χ2n) is 6.64. The topological polar surface area (TPSA) is 56.1 Å². The van der Waals surface area contributed by atoms with Crippen molar-refractivity contribution < 1.29 is 18.3 Å². The van der Waals surface area contributed by atoms with E-state index in [0.717, 1.165) is 29.3 Å². The van der Waals surface area contributed by atoms with E-state index in [2.05, 4.69) is 10.4 Å². The van der Waals surface area contributed by atoms with Crippen LogP contribution in [0.5, 0.6) is 0 Å². The summed E-state index contributed by atoms with van der Waals surface area (Å²) in [6.45, 7) is 1.28. The molecule has 0 radical (unpaired) electrons. The van der Waals surface area contributed by atoms with Gasteiger partial charge in [-0.1, -0.05) is 36.4 Å². The molecule has 0 bridgehead atoms. The second-order valence-corrected chi connectivity index (χ2v) is 6.64. The minimum Gasteiger partial charge on any atom is -0.370 e. The van der Waals surface area contributed by atoms with Crippen molar-refractivity contribution in [3.63, 3.8) is 0 Å². The number of hydrogen-bond acceptors (Lipinski definition) is 3. The minimum absolute atomic E-state index is 0.129. The van der Waals surface area contributed by atoms with E-state index >= 15 is 0 Å². The number of carbonyl (C=O) groups is 1. The van der Waals surface area contributed by atoms with Crippen LogP contribution in [0.3, 0.4) is 0 Å². The van der Waals surface area contributed by atoms with Gasteiger partial charge in [-0.25, -0.2) is 8.78 Å². The summed E-state index contributed by atoms with van der Waals surface area (Å²) in [5.41, 5.74) is 2.64. The van der Waals surface area contributed by atoms with Crippen molar-refractivity contribution in [1.82, 2.24) is 15.1 Å². The molecule has 7 heteroatoms. The first-order valence-electron chi connectivity index (χ1n) is 9.06. The maximum atomic E-state index is 13.8. The normalized spacial score (nSPS) is 15.9. The number of carbonyl (C=O) groups excluding carboxylic acids is 1. The van der Waals surface area contributed by atoms with Gasteiger partial charge in [0, 0.05) is 12.7 Å². The molecular weight excluding hydrogens is 364 g/mol. The van der Waals surface area contributed by atoms with E-state index in [0.29, 0.717) is 13.2 Å². The van der Waals surface area contributed by atoms with Gasteiger partial charge in [-0.3, -0.25) is 9.48 Å². The SMILES string of the molecule is O=C(NCC1OCCc2cn(Cc3ccccc3)nc21)c1cccc(F)c1F. The van der Waals surface area contributed by atoms with Crippen molar-refractivity contribution in [3.05, 3.63) is 88.7 Å². The van der Waals surface area contributed by atoms with Crippen molar-refractivity contribution in [2.24, 2.45) is 0 Å². The maximum absolute atomic E-state index is 13.8. The van der Waals surface area contributed by atoms with E-state index in [4.69, 9.17) is 4.74 Å². The number of nitrogens with one attached hydrogen (secondary N) is 1. The Balaban J connectivity index is 1.46. The Kier molecular flexibility index (Phi) is 5.16. The van der Waals surface area contributed by atoms with Crippen molar-refractivity contribution in [3.8, 4) is 0 Å². The predicted octanol–water partition coefficient (Wildman–Crippen LogP) is 3.25. The molecule has 1 amide bonds. The molecule has 4 rings (SSSR count). The molecule has 1 atom stereocenters. The zero-order chi connectivity index (χ0) is 19.5. The zero-order valence-corrected chi connectivity index (χ0v) is 15.1. The highest BCUT2D eigenvalue weighted by Gasteiger charge is 2.26. The first-order valence-corrected chi connectivity index (χ1v) is 9.06. The molecule has 2 heterocycles. The van der Waals surface area contributed by atoms with E-state index in [9.17, 15) is 13.6 Å². The maximum Gasteiger partial charge on any atom is 0.254 e. The summed E-state index contributed by atoms with van der Waals surface area (Å²) in [5, 5.41) is 7.23. The summed E-state index contributed by atoms with van der Waals surface area (Å²) in [6.07, 6.45) is 2.31. The molecule has 1 unspecified atom stereocenters. The molecular formula is C21H19F2N3O2. The van der Waals surface area contributed by atoms with Gasteiger partial charge in [-0.05, 0) is 29.7 Å². The number of nitrogens with zero attached hydrogens (tertiary/aromatic N) is 2. The Bertz CT molecular complexity index is 989. The quantitative estimate of drug-likeness (QED) is 0.736. The van der Waals surface area contributed by atoms with Crippen LogP contribution in [0.15, 0.2) is 54.7 Å². The van der Waals surface area contributed by atoms with Crippen LogP contribution in [0.1, 0.15) is 33.3 Å². The smallest absolute Gasteiger partial charge is 0.254 e. The predicted molar refractivity (Wildman–Crippen MR) is 98.9 cm³/mol. The number of hydrogen-bond donors (Lipinski definition) is 1. The number of ether oxygens (including phenoxy) is 1. The lowest BCUT2D eigenvalue weighted by atomic mass is 10.1. The van der Waals surface area contributed by atoms with E-state index < -0.39 is 23.6 Å². The fourth-order valence-electron chi connectivity index (χ4n) is 3.30. The molecule has 1 aromatic heterocycles. The summed E-state index contributed by atoms with van der Waals surface area (Å²) < 4.78 is 34.7. The fourth-order valence-corrected chi connectivity index (χ4v) is 3.30. The van der Waals surface area contributed by atoms with Gasteiger partial charge in [0.2, 0.25) is 0 Å². The van der Waals surface area contributed by atoms with Gasteiger partial charge in [-0.2, -0.15) is 5.10 Å². The second kappa shape index (κ2) is 7.90. The summed E-state index contributed by atoms with van der Waals surface area (Å²) in [7, 11) is 0. The number of halogens is 2. The van der Waals surface area contributed by atoms with E-state index in [1.54, 1.807) is 0 Å². The van der Waals surface area contributed by atoms with Crippen molar-refractivity contribution in [2.75, 3.05) is 13.2 Å². The largest absolute Gasteiger partial charge is 0.370 e. The zero-order valence-electron chi connectivity index (χ0n) is 15.1. The van der Waals surface area contributed by atoms with Crippen LogP contribution in [-0.4, -0.2) is 28.8 Å². The molecule has 0 saturated heterocycles. The minimum atomic E-state index is -1.16. The number of benzene rings is 2. The van der Waals surface area contributed by atoms with Crippen LogP contribution in [0.25, 0.3) is 0 Å². The first kappa shape index (κ1) is 18.3. The molecule has 144 valence electrons. The summed E-state index contributed by atoms with van der Waals surface area (Å²) in [4.78, 5) is 12.2. The van der Waals surface area contributed by atoms with Gasteiger partial charge in [-0.15, -0.1) is 0 Å². The molecule has 28 heavy (non-hydrogen) atoms. The molecule has 1 N–H and O–H groups in total. The highest BCUT2D eigenvalue weighted by atomic mass is 19.2. The van der Waals surface area contributed by atoms with Crippen LogP contribution in [0.4, 0.5) is 8.78 Å². The van der Waals surface area contributed by atoms with Crippen molar-refractivity contribution in [2.45, 2.75) is 19.1 Å². The van der Waals surface area contributed by atoms with Crippen molar-refractivity contribution in [1.29, 1.82) is 0 Å². The summed E-state index contributed by atoms with van der Waals surface area (Å²) in [6, 6.07) is 13.5. The third kappa shape index (κ3) is 3.80. The lowest BCUT2D eigenvalue weighted by Gasteiger charge is -2.22. The third-order valence-electron chi connectivity index (χ3n) is 4.70. The fraction of sp³-hybridized carbons (Fsp3) is 0.238. The van der Waals surface area contributed by atoms with E-state index in [1.807, 2.05) is 41.2 Å². The Labute approximate surface area is 160 Å². The van der Waals surface area contributed by atoms with Gasteiger partial charge in [0.1, 0.15) is 6.10 Å². The Hall–Kier alpha value is -3.06. The molecule has 0 fully saturated rings. The van der Waals surface area contributed by atoms with Crippen LogP contribution in [0, 0.1) is 11.6 Å². The molecule has 0 saturated carbocycles. The van der Waals surface area contributed by atoms with Gasteiger partial charge in [0.25, 0.3) is 5.91 Å². The van der Waals surface area contributed by atoms with Gasteiger partial charge in [0.15, 0.2) is 11.6 Å². The Morgan fingerprint density at radius 1 is 1.18 bits per heavy atom. The number of aromatic nitrogens is 2. The average molecular weight is 383 g/mol. The third-order valence-corrected chi connectivity index (χ3v) is 4.70. The van der Waals surface area contributed by atoms with Crippen LogP contribution in [0.2, 0.25) is 0 Å². The first-order chi connectivity index (χ1) is 13.6. The van der Waals surface area contributed by atoms with Crippen molar-refractivity contribution >= 4 is 5.91 Å². The molecule has 3 aromatic rings. The van der Waals surface area contributed by atoms with E-state index in [-0.39, 0.29) is 12.1 Å². The molecule has 2 aromatic carbocycles. The Morgan fingerprint density at radius 2 is 2.00 bits per heavy atom. The Morgan fingerprint density at radius 3 is 2.82 bits per heavy atom. The van der Waals surface area contributed by atoms with Gasteiger partial charge >= 0.3 is 0 Å². The standard InChI is InChI=1S/C21H19F2N3O2/c22-17-8-4-7-16(19(17)23)21(27)24-11-18-20-15(9-10-28-18)13-26(25-20)12-14-5-2-1-3-6-14/h1-8,13,18H,9-12H2,(H,24,27). The van der Waals surface area contributed by atoms with E-state index in [1.165, 1.54) is 12.1 Å². The van der Waals surface area contributed by atoms with Crippen LogP contribution in [-0.2, 0) is 17.7 Å². The lowest BCUT2D eigenvalue weighted by Crippen LogP contribution is -2.32. The molecule has 5 nitrogen and oxygen atoms in total. The highest BCUT2D eigenvalue weighted by Crippen LogP contribution is 2.25. The number of rotatable bonds is 5. The van der Waals surface area contributed by atoms with Gasteiger partial charge in [0.05, 0.1) is 24.4 Å². The molecule has 0 aliphatic carbocycles. The highest BCUT2D eigenvalue weighted by molar-refractivity contribution is 5.94. The monoisotopic (exact) mass is 383 g/mol. The average Bonchev–Trinajstić information content (AvgIpc) is 3.12. The van der Waals surface area contributed by atoms with Crippen LogP contribution >= 0.6 is 0 Å². The summed E-state index contributed by atoms with van der Waals surface area (Å²) >= 11 is 0. The molecule has 0 spiro atoms. The van der Waals surface area contributed by atoms with Gasteiger partial charge < -0.3 is 10.1 Å². The molecule has 1 aliphatic heterocycles.